The Morgan fingerprint density at radius 2 is 2.60 bits per heavy atom. The van der Waals surface area contributed by atoms with Gasteiger partial charge in [0.2, 0.25) is 0 Å². The Labute approximate surface area is 65.8 Å². The van der Waals surface area contributed by atoms with Crippen LogP contribution in [-0.2, 0) is 4.79 Å². The second-order valence-corrected chi connectivity index (χ2v) is 3.49. The van der Waals surface area contributed by atoms with Gasteiger partial charge < -0.3 is 5.32 Å². The van der Waals surface area contributed by atoms with Crippen LogP contribution < -0.4 is 5.32 Å². The number of carbonyl (C=O) groups excluding carboxylic acids is 1. The van der Waals surface area contributed by atoms with Gasteiger partial charge in [0.15, 0.2) is 5.78 Å². The number of nitrogens with one attached hydrogen (secondary N) is 1. The molecule has 0 aromatic heterocycles. The molecule has 0 radical (unpaired) electrons. The molecule has 1 fully saturated rings. The lowest BCUT2D eigenvalue weighted by molar-refractivity contribution is -0.118. The van der Waals surface area contributed by atoms with Crippen LogP contribution in [0.15, 0.2) is 0 Å². The third-order valence-electron chi connectivity index (χ3n) is 1.76. The number of Topliss-reactive ketones (excluding diaryl/α,β-unsaturated/α-hetero) is 1. The molecule has 58 valence electrons. The molecule has 0 amide bonds. The first-order valence-electron chi connectivity index (χ1n) is 3.59. The normalized spacial score (nSPS) is 25.7. The van der Waals surface area contributed by atoms with Gasteiger partial charge in [-0.2, -0.15) is 11.8 Å². The van der Waals surface area contributed by atoms with Crippen LogP contribution in [0.5, 0.6) is 0 Å². The molecular formula is C7H13NOS. The summed E-state index contributed by atoms with van der Waals surface area (Å²) in [6.07, 6.45) is 3.80. The largest absolute Gasteiger partial charge is 0.307 e. The SMILES string of the molecule is CSCC[C@@H]1NCCC1=O. The molecule has 1 saturated heterocycles. The second-order valence-electron chi connectivity index (χ2n) is 2.50. The van der Waals surface area contributed by atoms with Gasteiger partial charge in [0.05, 0.1) is 6.04 Å². The van der Waals surface area contributed by atoms with Crippen LogP contribution in [0.2, 0.25) is 0 Å². The van der Waals surface area contributed by atoms with Crippen LogP contribution in [0.4, 0.5) is 0 Å². The molecule has 0 aliphatic carbocycles. The van der Waals surface area contributed by atoms with E-state index in [2.05, 4.69) is 11.6 Å². The average Bonchev–Trinajstić information content (AvgIpc) is 2.31. The molecule has 0 spiro atoms. The Morgan fingerprint density at radius 3 is 3.10 bits per heavy atom. The predicted molar refractivity (Wildman–Crippen MR) is 44.4 cm³/mol. The van der Waals surface area contributed by atoms with Crippen LogP contribution in [0.1, 0.15) is 12.8 Å². The summed E-state index contributed by atoms with van der Waals surface area (Å²) in [7, 11) is 0. The zero-order valence-electron chi connectivity index (χ0n) is 6.22. The van der Waals surface area contributed by atoms with E-state index in [1.165, 1.54) is 0 Å². The Hall–Kier alpha value is -0.0200. The van der Waals surface area contributed by atoms with E-state index in [1.54, 1.807) is 11.8 Å². The maximum Gasteiger partial charge on any atom is 0.151 e. The molecule has 1 heterocycles. The van der Waals surface area contributed by atoms with Crippen molar-refractivity contribution in [1.29, 1.82) is 0 Å². The summed E-state index contributed by atoms with van der Waals surface area (Å²) in [5, 5.41) is 3.18. The molecule has 3 heteroatoms. The van der Waals surface area contributed by atoms with Crippen LogP contribution in [0, 0.1) is 0 Å². The summed E-state index contributed by atoms with van der Waals surface area (Å²) >= 11 is 1.80. The number of hydrogen-bond donors (Lipinski definition) is 1. The lowest BCUT2D eigenvalue weighted by Gasteiger charge is -2.05. The summed E-state index contributed by atoms with van der Waals surface area (Å²) in [5.74, 6) is 1.48. The van der Waals surface area contributed by atoms with Crippen LogP contribution in [0.25, 0.3) is 0 Å². The Morgan fingerprint density at radius 1 is 1.80 bits per heavy atom. The van der Waals surface area contributed by atoms with E-state index in [1.807, 2.05) is 0 Å². The molecule has 1 aliphatic rings. The Balaban J connectivity index is 2.20. The molecule has 2 nitrogen and oxygen atoms in total. The van der Waals surface area contributed by atoms with E-state index >= 15 is 0 Å². The van der Waals surface area contributed by atoms with E-state index in [9.17, 15) is 4.79 Å². The molecule has 0 bridgehead atoms. The fraction of sp³-hybridized carbons (Fsp3) is 0.857. The lowest BCUT2D eigenvalue weighted by atomic mass is 10.1. The van der Waals surface area contributed by atoms with Crippen LogP contribution >= 0.6 is 11.8 Å². The fourth-order valence-corrected chi connectivity index (χ4v) is 1.63. The minimum absolute atomic E-state index is 0.174. The van der Waals surface area contributed by atoms with E-state index in [4.69, 9.17) is 0 Å². The number of thioether (sulfide) groups is 1. The number of ketones is 1. The van der Waals surface area contributed by atoms with E-state index in [-0.39, 0.29) is 6.04 Å². The molecule has 1 rings (SSSR count). The quantitative estimate of drug-likeness (QED) is 0.656. The first-order valence-corrected chi connectivity index (χ1v) is 4.99. The summed E-state index contributed by atoms with van der Waals surface area (Å²) < 4.78 is 0. The number of carbonyl (C=O) groups is 1. The minimum atomic E-state index is 0.174. The zero-order valence-corrected chi connectivity index (χ0v) is 7.04. The molecule has 1 N–H and O–H groups in total. The maximum absolute atomic E-state index is 11.0. The summed E-state index contributed by atoms with van der Waals surface area (Å²) in [6, 6.07) is 0.174. The lowest BCUT2D eigenvalue weighted by Crippen LogP contribution is -2.27. The molecule has 10 heavy (non-hydrogen) atoms. The van der Waals surface area contributed by atoms with Crippen molar-refractivity contribution in [2.75, 3.05) is 18.6 Å². The zero-order chi connectivity index (χ0) is 7.40. The topological polar surface area (TPSA) is 29.1 Å². The monoisotopic (exact) mass is 159 g/mol. The van der Waals surface area contributed by atoms with Crippen molar-refractivity contribution in [1.82, 2.24) is 5.32 Å². The molecular weight excluding hydrogens is 146 g/mol. The molecule has 0 unspecified atom stereocenters. The highest BCUT2D eigenvalue weighted by Gasteiger charge is 2.22. The van der Waals surface area contributed by atoms with Gasteiger partial charge in [-0.15, -0.1) is 0 Å². The summed E-state index contributed by atoms with van der Waals surface area (Å²) in [4.78, 5) is 11.0. The Bertz CT molecular complexity index is 127. The van der Waals surface area contributed by atoms with Crippen molar-refractivity contribution in [3.05, 3.63) is 0 Å². The predicted octanol–water partition coefficient (Wildman–Crippen LogP) is 0.670. The number of rotatable bonds is 3. The average molecular weight is 159 g/mol. The smallest absolute Gasteiger partial charge is 0.151 e. The van der Waals surface area contributed by atoms with Crippen molar-refractivity contribution >= 4 is 17.5 Å². The van der Waals surface area contributed by atoms with Crippen LogP contribution in [0.3, 0.4) is 0 Å². The second kappa shape index (κ2) is 3.98. The van der Waals surface area contributed by atoms with Gasteiger partial charge in [0.25, 0.3) is 0 Å². The van der Waals surface area contributed by atoms with Crippen molar-refractivity contribution in [3.8, 4) is 0 Å². The van der Waals surface area contributed by atoms with Gasteiger partial charge in [-0.05, 0) is 18.4 Å². The van der Waals surface area contributed by atoms with E-state index in [0.717, 1.165) is 25.1 Å². The first kappa shape index (κ1) is 8.08. The molecule has 0 aromatic carbocycles. The number of hydrogen-bond acceptors (Lipinski definition) is 3. The third-order valence-corrected chi connectivity index (χ3v) is 2.41. The van der Waals surface area contributed by atoms with E-state index in [0.29, 0.717) is 5.78 Å². The molecule has 1 aliphatic heterocycles. The van der Waals surface area contributed by atoms with Gasteiger partial charge in [-0.25, -0.2) is 0 Å². The standard InChI is InChI=1S/C7H13NOS/c1-10-5-3-6-7(9)2-4-8-6/h6,8H,2-5H2,1H3/t6-/m0/s1. The van der Waals surface area contributed by atoms with Crippen molar-refractivity contribution in [2.24, 2.45) is 0 Å². The van der Waals surface area contributed by atoms with Crippen molar-refractivity contribution < 1.29 is 4.79 Å². The molecule has 0 saturated carbocycles. The third kappa shape index (κ3) is 1.99. The van der Waals surface area contributed by atoms with Crippen LogP contribution in [-0.4, -0.2) is 30.4 Å². The first-order chi connectivity index (χ1) is 4.84. The summed E-state index contributed by atoms with van der Waals surface area (Å²) in [5.41, 5.74) is 0. The van der Waals surface area contributed by atoms with E-state index < -0.39 is 0 Å². The minimum Gasteiger partial charge on any atom is -0.307 e. The van der Waals surface area contributed by atoms with Gasteiger partial charge in [0, 0.05) is 13.0 Å². The van der Waals surface area contributed by atoms with Gasteiger partial charge in [-0.3, -0.25) is 4.79 Å². The van der Waals surface area contributed by atoms with Gasteiger partial charge in [-0.1, -0.05) is 0 Å². The van der Waals surface area contributed by atoms with Gasteiger partial charge >= 0.3 is 0 Å². The fourth-order valence-electron chi connectivity index (χ4n) is 1.16. The molecule has 0 aromatic rings. The molecule has 1 atom stereocenters. The van der Waals surface area contributed by atoms with Crippen molar-refractivity contribution in [3.63, 3.8) is 0 Å². The maximum atomic E-state index is 11.0. The highest BCUT2D eigenvalue weighted by Crippen LogP contribution is 2.07. The Kier molecular flexibility index (Phi) is 3.22. The highest BCUT2D eigenvalue weighted by atomic mass is 32.2. The van der Waals surface area contributed by atoms with Crippen molar-refractivity contribution in [2.45, 2.75) is 18.9 Å². The van der Waals surface area contributed by atoms with Gasteiger partial charge in [0.1, 0.15) is 0 Å². The highest BCUT2D eigenvalue weighted by molar-refractivity contribution is 7.98. The summed E-state index contributed by atoms with van der Waals surface area (Å²) in [6.45, 7) is 0.887.